The Kier molecular flexibility index (Phi) is 4.98. The van der Waals surface area contributed by atoms with E-state index in [1.807, 2.05) is 63.2 Å². The molecular weight excluding hydrogens is 326 g/mol. The minimum absolute atomic E-state index is 0.206. The topological polar surface area (TPSA) is 64.0 Å². The zero-order valence-corrected chi connectivity index (χ0v) is 15.1. The van der Waals surface area contributed by atoms with Gasteiger partial charge in [0.1, 0.15) is 5.69 Å². The van der Waals surface area contributed by atoms with Gasteiger partial charge in [-0.15, -0.1) is 0 Å². The molecule has 26 heavy (non-hydrogen) atoms. The van der Waals surface area contributed by atoms with E-state index in [-0.39, 0.29) is 17.2 Å². The Bertz CT molecular complexity index is 1000. The van der Waals surface area contributed by atoms with Gasteiger partial charge in [0.05, 0.1) is 6.54 Å². The zero-order valence-electron chi connectivity index (χ0n) is 15.1. The summed E-state index contributed by atoms with van der Waals surface area (Å²) >= 11 is 0. The Balaban J connectivity index is 1.84. The summed E-state index contributed by atoms with van der Waals surface area (Å²) in [5.74, 6) is -0.337. The molecule has 0 bridgehead atoms. The SMILES string of the molecule is Cc1ccc(Cn2nc(C(=O)Nc3cc(C)ccc3C)ccc2=O)cc1. The Labute approximate surface area is 152 Å². The van der Waals surface area contributed by atoms with Gasteiger partial charge in [0, 0.05) is 11.8 Å². The first-order valence-electron chi connectivity index (χ1n) is 8.45. The van der Waals surface area contributed by atoms with E-state index in [1.54, 1.807) is 0 Å². The lowest BCUT2D eigenvalue weighted by Crippen LogP contribution is -2.26. The molecule has 0 saturated carbocycles. The second-order valence-corrected chi connectivity index (χ2v) is 6.47. The van der Waals surface area contributed by atoms with Gasteiger partial charge in [-0.05, 0) is 49.6 Å². The molecule has 0 aliphatic heterocycles. The molecule has 5 heteroatoms. The molecule has 1 N–H and O–H groups in total. The van der Waals surface area contributed by atoms with E-state index in [2.05, 4.69) is 10.4 Å². The molecule has 5 nitrogen and oxygen atoms in total. The van der Waals surface area contributed by atoms with Gasteiger partial charge in [-0.2, -0.15) is 5.10 Å². The number of carbonyl (C=O) groups excluding carboxylic acids is 1. The van der Waals surface area contributed by atoms with E-state index in [0.717, 1.165) is 27.9 Å². The van der Waals surface area contributed by atoms with Crippen molar-refractivity contribution in [3.8, 4) is 0 Å². The number of rotatable bonds is 4. The van der Waals surface area contributed by atoms with Crippen molar-refractivity contribution in [2.45, 2.75) is 27.3 Å². The molecule has 1 aromatic heterocycles. The summed E-state index contributed by atoms with van der Waals surface area (Å²) in [6.07, 6.45) is 0. The van der Waals surface area contributed by atoms with Gasteiger partial charge in [0.2, 0.25) is 0 Å². The molecule has 3 rings (SSSR count). The maximum absolute atomic E-state index is 12.5. The smallest absolute Gasteiger partial charge is 0.276 e. The predicted octanol–water partition coefficient (Wildman–Crippen LogP) is 3.47. The lowest BCUT2D eigenvalue weighted by molar-refractivity contribution is 0.102. The first-order chi connectivity index (χ1) is 12.4. The summed E-state index contributed by atoms with van der Waals surface area (Å²) < 4.78 is 1.31. The van der Waals surface area contributed by atoms with Crippen LogP contribution in [0.3, 0.4) is 0 Å². The van der Waals surface area contributed by atoms with Crippen LogP contribution in [-0.4, -0.2) is 15.7 Å². The molecule has 0 fully saturated rings. The lowest BCUT2D eigenvalue weighted by Gasteiger charge is -2.10. The number of aromatic nitrogens is 2. The van der Waals surface area contributed by atoms with Gasteiger partial charge in [-0.25, -0.2) is 4.68 Å². The number of hydrogen-bond acceptors (Lipinski definition) is 3. The van der Waals surface area contributed by atoms with Crippen molar-refractivity contribution in [1.82, 2.24) is 9.78 Å². The number of benzene rings is 2. The molecule has 0 aliphatic carbocycles. The highest BCUT2D eigenvalue weighted by molar-refractivity contribution is 6.03. The summed E-state index contributed by atoms with van der Waals surface area (Å²) in [6, 6.07) is 16.6. The maximum Gasteiger partial charge on any atom is 0.276 e. The van der Waals surface area contributed by atoms with Gasteiger partial charge in [0.25, 0.3) is 11.5 Å². The van der Waals surface area contributed by atoms with E-state index in [0.29, 0.717) is 6.54 Å². The quantitative estimate of drug-likeness (QED) is 0.786. The molecule has 0 spiro atoms. The molecule has 0 unspecified atom stereocenters. The first-order valence-corrected chi connectivity index (χ1v) is 8.45. The Hall–Kier alpha value is -3.21. The number of carbonyl (C=O) groups is 1. The van der Waals surface area contributed by atoms with Crippen LogP contribution in [0.2, 0.25) is 0 Å². The summed E-state index contributed by atoms with van der Waals surface area (Å²) in [4.78, 5) is 24.6. The van der Waals surface area contributed by atoms with Crippen molar-refractivity contribution in [2.75, 3.05) is 5.32 Å². The number of nitrogens with one attached hydrogen (secondary N) is 1. The minimum Gasteiger partial charge on any atom is -0.320 e. The van der Waals surface area contributed by atoms with Gasteiger partial charge >= 0.3 is 0 Å². The second-order valence-electron chi connectivity index (χ2n) is 6.47. The van der Waals surface area contributed by atoms with Gasteiger partial charge in [-0.1, -0.05) is 42.0 Å². The predicted molar refractivity (Wildman–Crippen MR) is 103 cm³/mol. The summed E-state index contributed by atoms with van der Waals surface area (Å²) in [7, 11) is 0. The van der Waals surface area contributed by atoms with Crippen molar-refractivity contribution >= 4 is 11.6 Å². The summed E-state index contributed by atoms with van der Waals surface area (Å²) in [5.41, 5.74) is 4.84. The number of hydrogen-bond donors (Lipinski definition) is 1. The highest BCUT2D eigenvalue weighted by Crippen LogP contribution is 2.17. The van der Waals surface area contributed by atoms with Crippen LogP contribution in [0, 0.1) is 20.8 Å². The van der Waals surface area contributed by atoms with Crippen LogP contribution in [0.25, 0.3) is 0 Å². The molecule has 1 heterocycles. The molecule has 0 atom stereocenters. The first kappa shape index (κ1) is 17.6. The molecule has 0 saturated heterocycles. The number of aryl methyl sites for hydroxylation is 3. The number of amides is 1. The molecule has 3 aromatic rings. The van der Waals surface area contributed by atoms with E-state index in [1.165, 1.54) is 16.8 Å². The normalized spacial score (nSPS) is 10.6. The Morgan fingerprint density at radius 2 is 1.65 bits per heavy atom. The third-order valence-electron chi connectivity index (χ3n) is 4.19. The lowest BCUT2D eigenvalue weighted by atomic mass is 10.1. The monoisotopic (exact) mass is 347 g/mol. The van der Waals surface area contributed by atoms with Crippen molar-refractivity contribution in [1.29, 1.82) is 0 Å². The van der Waals surface area contributed by atoms with Gasteiger partial charge < -0.3 is 5.32 Å². The largest absolute Gasteiger partial charge is 0.320 e. The van der Waals surface area contributed by atoms with Crippen molar-refractivity contribution in [2.24, 2.45) is 0 Å². The third kappa shape index (κ3) is 4.06. The average Bonchev–Trinajstić information content (AvgIpc) is 2.62. The zero-order chi connectivity index (χ0) is 18.7. The molecule has 2 aromatic carbocycles. The number of anilines is 1. The fourth-order valence-corrected chi connectivity index (χ4v) is 2.61. The van der Waals surface area contributed by atoms with Crippen molar-refractivity contribution < 1.29 is 4.79 Å². The van der Waals surface area contributed by atoms with Crippen LogP contribution in [0.15, 0.2) is 59.4 Å². The van der Waals surface area contributed by atoms with Crippen LogP contribution < -0.4 is 10.9 Å². The molecule has 132 valence electrons. The summed E-state index contributed by atoms with van der Waals surface area (Å²) in [5, 5.41) is 7.10. The van der Waals surface area contributed by atoms with E-state index in [4.69, 9.17) is 0 Å². The van der Waals surface area contributed by atoms with Gasteiger partial charge in [0.15, 0.2) is 0 Å². The van der Waals surface area contributed by atoms with Gasteiger partial charge in [-0.3, -0.25) is 9.59 Å². The van der Waals surface area contributed by atoms with Crippen LogP contribution in [-0.2, 0) is 6.54 Å². The molecule has 0 aliphatic rings. The Morgan fingerprint density at radius 1 is 0.962 bits per heavy atom. The highest BCUT2D eigenvalue weighted by atomic mass is 16.2. The third-order valence-corrected chi connectivity index (χ3v) is 4.19. The summed E-state index contributed by atoms with van der Waals surface area (Å²) in [6.45, 7) is 6.23. The van der Waals surface area contributed by atoms with E-state index >= 15 is 0 Å². The van der Waals surface area contributed by atoms with Crippen molar-refractivity contribution in [3.05, 3.63) is 92.9 Å². The molecular formula is C21H21N3O2. The van der Waals surface area contributed by atoms with Crippen LogP contribution in [0.4, 0.5) is 5.69 Å². The van der Waals surface area contributed by atoms with Crippen molar-refractivity contribution in [3.63, 3.8) is 0 Å². The average molecular weight is 347 g/mol. The molecule has 1 amide bonds. The molecule has 0 radical (unpaired) electrons. The fourth-order valence-electron chi connectivity index (χ4n) is 2.61. The van der Waals surface area contributed by atoms with Crippen LogP contribution in [0.5, 0.6) is 0 Å². The fraction of sp³-hybridized carbons (Fsp3) is 0.190. The second kappa shape index (κ2) is 7.35. The van der Waals surface area contributed by atoms with Crippen LogP contribution >= 0.6 is 0 Å². The Morgan fingerprint density at radius 3 is 2.38 bits per heavy atom. The van der Waals surface area contributed by atoms with E-state index in [9.17, 15) is 9.59 Å². The minimum atomic E-state index is -0.337. The number of nitrogens with zero attached hydrogens (tertiary/aromatic N) is 2. The van der Waals surface area contributed by atoms with E-state index < -0.39 is 0 Å². The standard InChI is InChI=1S/C21H21N3O2/c1-14-5-8-17(9-6-14)13-24-20(25)11-10-18(23-24)21(26)22-19-12-15(2)4-7-16(19)3/h4-12H,13H2,1-3H3,(H,22,26). The maximum atomic E-state index is 12.5. The highest BCUT2D eigenvalue weighted by Gasteiger charge is 2.12. The van der Waals surface area contributed by atoms with Crippen LogP contribution in [0.1, 0.15) is 32.7 Å².